The number of non-ortho nitro benzene ring substituents is 1. The van der Waals surface area contributed by atoms with Crippen molar-refractivity contribution in [1.82, 2.24) is 0 Å². The number of rotatable bonds is 5. The van der Waals surface area contributed by atoms with Gasteiger partial charge in [-0.3, -0.25) is 10.1 Å². The lowest BCUT2D eigenvalue weighted by Gasteiger charge is -2.10. The molecule has 19 heavy (non-hydrogen) atoms. The Morgan fingerprint density at radius 1 is 1.11 bits per heavy atom. The predicted octanol–water partition coefficient (Wildman–Crippen LogP) is 3.74. The minimum absolute atomic E-state index is 0.0951. The second-order valence-corrected chi connectivity index (χ2v) is 4.17. The normalized spacial score (nSPS) is 10.2. The van der Waals surface area contributed by atoms with Crippen molar-refractivity contribution in [2.24, 2.45) is 0 Å². The number of benzene rings is 2. The summed E-state index contributed by atoms with van der Waals surface area (Å²) < 4.78 is 5.74. The molecule has 0 heterocycles. The van der Waals surface area contributed by atoms with Crippen LogP contribution in [0.4, 0.5) is 5.69 Å². The number of aryl methyl sites for hydroxylation is 1. The molecule has 98 valence electrons. The summed E-state index contributed by atoms with van der Waals surface area (Å²) in [5.41, 5.74) is 2.17. The summed E-state index contributed by atoms with van der Waals surface area (Å²) in [6.07, 6.45) is 0.913. The largest absolute Gasteiger partial charge is 0.489 e. The third kappa shape index (κ3) is 3.31. The van der Waals surface area contributed by atoms with Crippen molar-refractivity contribution in [2.75, 3.05) is 0 Å². The van der Waals surface area contributed by atoms with Gasteiger partial charge in [0.05, 0.1) is 4.92 Å². The predicted molar refractivity (Wildman–Crippen MR) is 73.2 cm³/mol. The second-order valence-electron chi connectivity index (χ2n) is 4.17. The van der Waals surface area contributed by atoms with Gasteiger partial charge in [-0.15, -0.1) is 0 Å². The summed E-state index contributed by atoms with van der Waals surface area (Å²) >= 11 is 0. The number of nitrogens with zero attached hydrogens (tertiary/aromatic N) is 1. The Morgan fingerprint density at radius 3 is 2.42 bits per heavy atom. The van der Waals surface area contributed by atoms with Crippen LogP contribution in [0, 0.1) is 10.1 Å². The molecule has 0 radical (unpaired) electrons. The monoisotopic (exact) mass is 257 g/mol. The molecule has 0 N–H and O–H groups in total. The maximum absolute atomic E-state index is 10.5. The van der Waals surface area contributed by atoms with Gasteiger partial charge >= 0.3 is 0 Å². The van der Waals surface area contributed by atoms with E-state index in [1.54, 1.807) is 12.1 Å². The SMILES string of the molecule is CCc1ccccc1OCc1ccc([N+](=O)[O-])cc1. The zero-order chi connectivity index (χ0) is 13.7. The Bertz CT molecular complexity index is 564. The fourth-order valence-corrected chi connectivity index (χ4v) is 1.81. The first-order valence-electron chi connectivity index (χ1n) is 6.14. The number of nitro benzene ring substituents is 1. The summed E-state index contributed by atoms with van der Waals surface area (Å²) in [4.78, 5) is 10.1. The van der Waals surface area contributed by atoms with Crippen molar-refractivity contribution >= 4 is 5.69 Å². The van der Waals surface area contributed by atoms with Crippen molar-refractivity contribution in [3.63, 3.8) is 0 Å². The van der Waals surface area contributed by atoms with Crippen molar-refractivity contribution in [3.05, 3.63) is 69.8 Å². The molecule has 0 unspecified atom stereocenters. The first-order valence-corrected chi connectivity index (χ1v) is 6.14. The number of hydrogen-bond acceptors (Lipinski definition) is 3. The lowest BCUT2D eigenvalue weighted by atomic mass is 10.1. The van der Waals surface area contributed by atoms with Crippen molar-refractivity contribution in [1.29, 1.82) is 0 Å². The minimum atomic E-state index is -0.406. The Hall–Kier alpha value is -2.36. The van der Waals surface area contributed by atoms with Crippen molar-refractivity contribution in [3.8, 4) is 5.75 Å². The van der Waals surface area contributed by atoms with Crippen LogP contribution in [0.5, 0.6) is 5.75 Å². The Kier molecular flexibility index (Phi) is 4.13. The summed E-state index contributed by atoms with van der Waals surface area (Å²) in [6.45, 7) is 2.49. The number of nitro groups is 1. The Morgan fingerprint density at radius 2 is 1.79 bits per heavy atom. The molecule has 4 nitrogen and oxygen atoms in total. The van der Waals surface area contributed by atoms with Gasteiger partial charge in [0.25, 0.3) is 5.69 Å². The molecule has 0 spiro atoms. The summed E-state index contributed by atoms with van der Waals surface area (Å²) in [5, 5.41) is 10.5. The Labute approximate surface area is 111 Å². The maximum atomic E-state index is 10.5. The molecule has 0 saturated carbocycles. The Balaban J connectivity index is 2.04. The summed E-state index contributed by atoms with van der Waals surface area (Å²) in [7, 11) is 0. The van der Waals surface area contributed by atoms with E-state index in [1.807, 2.05) is 24.3 Å². The van der Waals surface area contributed by atoms with Crippen LogP contribution in [-0.2, 0) is 13.0 Å². The molecule has 0 amide bonds. The molecule has 4 heteroatoms. The highest BCUT2D eigenvalue weighted by Gasteiger charge is 2.05. The van der Waals surface area contributed by atoms with E-state index in [4.69, 9.17) is 4.74 Å². The van der Waals surface area contributed by atoms with Crippen LogP contribution in [0.15, 0.2) is 48.5 Å². The van der Waals surface area contributed by atoms with Crippen LogP contribution in [0.3, 0.4) is 0 Å². The van der Waals surface area contributed by atoms with E-state index in [2.05, 4.69) is 6.92 Å². The third-order valence-electron chi connectivity index (χ3n) is 2.90. The van der Waals surface area contributed by atoms with Gasteiger partial charge in [0.15, 0.2) is 0 Å². The zero-order valence-corrected chi connectivity index (χ0v) is 10.7. The molecule has 0 aromatic heterocycles. The van der Waals surface area contributed by atoms with E-state index < -0.39 is 4.92 Å². The fraction of sp³-hybridized carbons (Fsp3) is 0.200. The van der Waals surface area contributed by atoms with Crippen LogP contribution in [0.2, 0.25) is 0 Å². The quantitative estimate of drug-likeness (QED) is 0.605. The van der Waals surface area contributed by atoms with Gasteiger partial charge in [-0.1, -0.05) is 25.1 Å². The van der Waals surface area contributed by atoms with Crippen LogP contribution >= 0.6 is 0 Å². The zero-order valence-electron chi connectivity index (χ0n) is 10.7. The van der Waals surface area contributed by atoms with Gasteiger partial charge in [0, 0.05) is 12.1 Å². The van der Waals surface area contributed by atoms with E-state index in [0.717, 1.165) is 23.3 Å². The molecule has 0 atom stereocenters. The first kappa shape index (κ1) is 13.1. The molecule has 0 fully saturated rings. The van der Waals surface area contributed by atoms with Crippen LogP contribution in [0.1, 0.15) is 18.1 Å². The molecule has 0 saturated heterocycles. The average molecular weight is 257 g/mol. The van der Waals surface area contributed by atoms with Gasteiger partial charge in [-0.2, -0.15) is 0 Å². The van der Waals surface area contributed by atoms with E-state index >= 15 is 0 Å². The number of hydrogen-bond donors (Lipinski definition) is 0. The maximum Gasteiger partial charge on any atom is 0.269 e. The second kappa shape index (κ2) is 6.00. The van der Waals surface area contributed by atoms with Crippen LogP contribution in [-0.4, -0.2) is 4.92 Å². The average Bonchev–Trinajstić information content (AvgIpc) is 2.45. The van der Waals surface area contributed by atoms with E-state index in [1.165, 1.54) is 12.1 Å². The van der Waals surface area contributed by atoms with E-state index in [9.17, 15) is 10.1 Å². The van der Waals surface area contributed by atoms with Gasteiger partial charge in [-0.25, -0.2) is 0 Å². The van der Waals surface area contributed by atoms with Crippen molar-refractivity contribution in [2.45, 2.75) is 20.0 Å². The van der Waals surface area contributed by atoms with Gasteiger partial charge in [0.2, 0.25) is 0 Å². The van der Waals surface area contributed by atoms with Gasteiger partial charge in [0.1, 0.15) is 12.4 Å². The van der Waals surface area contributed by atoms with Crippen LogP contribution in [0.25, 0.3) is 0 Å². The fourth-order valence-electron chi connectivity index (χ4n) is 1.81. The lowest BCUT2D eigenvalue weighted by molar-refractivity contribution is -0.384. The highest BCUT2D eigenvalue weighted by molar-refractivity contribution is 5.35. The molecule has 0 aliphatic rings. The molecule has 2 aromatic carbocycles. The van der Waals surface area contributed by atoms with Crippen molar-refractivity contribution < 1.29 is 9.66 Å². The standard InChI is InChI=1S/C15H15NO3/c1-2-13-5-3-4-6-15(13)19-11-12-7-9-14(10-8-12)16(17)18/h3-10H,2,11H2,1H3. The van der Waals surface area contributed by atoms with E-state index in [0.29, 0.717) is 6.61 Å². The highest BCUT2D eigenvalue weighted by atomic mass is 16.6. The molecule has 0 aliphatic carbocycles. The number of para-hydroxylation sites is 1. The van der Waals surface area contributed by atoms with Gasteiger partial charge < -0.3 is 4.74 Å². The summed E-state index contributed by atoms with van der Waals surface area (Å²) in [5.74, 6) is 0.864. The lowest BCUT2D eigenvalue weighted by Crippen LogP contribution is -1.98. The smallest absolute Gasteiger partial charge is 0.269 e. The molecule has 2 aromatic rings. The third-order valence-corrected chi connectivity index (χ3v) is 2.90. The molecular formula is C15H15NO3. The highest BCUT2D eigenvalue weighted by Crippen LogP contribution is 2.20. The molecular weight excluding hydrogens is 242 g/mol. The molecule has 0 aliphatic heterocycles. The first-order chi connectivity index (χ1) is 9.20. The molecule has 2 rings (SSSR count). The van der Waals surface area contributed by atoms with Crippen LogP contribution < -0.4 is 4.74 Å². The van der Waals surface area contributed by atoms with Gasteiger partial charge in [-0.05, 0) is 35.7 Å². The summed E-state index contributed by atoms with van der Waals surface area (Å²) in [6, 6.07) is 14.3. The van der Waals surface area contributed by atoms with E-state index in [-0.39, 0.29) is 5.69 Å². The minimum Gasteiger partial charge on any atom is -0.489 e. The topological polar surface area (TPSA) is 52.4 Å². The molecule has 0 bridgehead atoms. The number of ether oxygens (including phenoxy) is 1.